The van der Waals surface area contributed by atoms with Gasteiger partial charge in [0.15, 0.2) is 0 Å². The van der Waals surface area contributed by atoms with Gasteiger partial charge in [0.2, 0.25) is 11.7 Å². The van der Waals surface area contributed by atoms with Crippen molar-refractivity contribution in [2.75, 3.05) is 0 Å². The van der Waals surface area contributed by atoms with E-state index in [1.807, 2.05) is 0 Å². The first-order chi connectivity index (χ1) is 16.2. The number of nitrogens with one attached hydrogen (secondary N) is 1. The molecule has 0 aliphatic carbocycles. The van der Waals surface area contributed by atoms with E-state index in [2.05, 4.69) is 15.3 Å². The number of amides is 2. The van der Waals surface area contributed by atoms with Crippen molar-refractivity contribution in [3.63, 3.8) is 0 Å². The van der Waals surface area contributed by atoms with Crippen LogP contribution >= 0.6 is 0 Å². The van der Waals surface area contributed by atoms with Crippen LogP contribution in [0.25, 0.3) is 11.1 Å². The van der Waals surface area contributed by atoms with Crippen LogP contribution in [0.2, 0.25) is 0 Å². The van der Waals surface area contributed by atoms with Gasteiger partial charge < -0.3 is 15.2 Å². The van der Waals surface area contributed by atoms with E-state index in [1.165, 1.54) is 12.1 Å². The maximum atomic E-state index is 14.4. The minimum Gasteiger partial charge on any atom is -0.444 e. The van der Waals surface area contributed by atoms with Crippen molar-refractivity contribution in [1.82, 2.24) is 20.2 Å². The first-order valence-corrected chi connectivity index (χ1v) is 10.8. The van der Waals surface area contributed by atoms with Crippen LogP contribution < -0.4 is 5.32 Å². The molecule has 1 unspecified atom stereocenters. The molecule has 8 nitrogen and oxygen atoms in total. The highest BCUT2D eigenvalue weighted by atomic mass is 19.4. The average Bonchev–Trinajstić information content (AvgIpc) is 3.06. The molecule has 1 aromatic carbocycles. The molecule has 0 saturated carbocycles. The lowest BCUT2D eigenvalue weighted by Crippen LogP contribution is -2.50. The first kappa shape index (κ1) is 26.3. The van der Waals surface area contributed by atoms with Crippen LogP contribution in [-0.4, -0.2) is 55.8 Å². The van der Waals surface area contributed by atoms with Crippen molar-refractivity contribution in [1.29, 1.82) is 0 Å². The molecule has 12 heteroatoms. The number of alkyl halides is 3. The van der Waals surface area contributed by atoms with Crippen molar-refractivity contribution < 1.29 is 37.0 Å². The van der Waals surface area contributed by atoms with Gasteiger partial charge in [0.05, 0.1) is 12.1 Å². The quantitative estimate of drug-likeness (QED) is 0.624. The summed E-state index contributed by atoms with van der Waals surface area (Å²) in [5.74, 6) is -2.55. The van der Waals surface area contributed by atoms with E-state index in [9.17, 15) is 32.3 Å². The minimum absolute atomic E-state index is 0.0162. The minimum atomic E-state index is -4.69. The molecule has 2 N–H and O–H groups in total. The van der Waals surface area contributed by atoms with Crippen molar-refractivity contribution in [3.05, 3.63) is 47.8 Å². The molecule has 0 spiro atoms. The van der Waals surface area contributed by atoms with E-state index < -0.39 is 53.6 Å². The van der Waals surface area contributed by atoms with Gasteiger partial charge in [-0.25, -0.2) is 19.2 Å². The predicted molar refractivity (Wildman–Crippen MR) is 116 cm³/mol. The Balaban J connectivity index is 1.74. The van der Waals surface area contributed by atoms with Gasteiger partial charge in [0.25, 0.3) is 0 Å². The number of carbonyl (C=O) groups excluding carboxylic acids is 2. The highest BCUT2D eigenvalue weighted by Crippen LogP contribution is 2.29. The molecule has 0 bridgehead atoms. The van der Waals surface area contributed by atoms with Gasteiger partial charge in [-0.05, 0) is 45.4 Å². The Kier molecular flexibility index (Phi) is 7.34. The summed E-state index contributed by atoms with van der Waals surface area (Å²) in [5, 5.41) is 12.8. The number of hydrogen-bond donors (Lipinski definition) is 2. The van der Waals surface area contributed by atoms with Crippen LogP contribution in [-0.2, 0) is 22.3 Å². The molecule has 1 aliphatic rings. The number of ether oxygens (including phenoxy) is 1. The number of nitrogens with zero attached hydrogens (tertiary/aromatic N) is 3. The van der Waals surface area contributed by atoms with Gasteiger partial charge in [-0.3, -0.25) is 9.69 Å². The van der Waals surface area contributed by atoms with Crippen LogP contribution in [0.5, 0.6) is 0 Å². The molecule has 1 fully saturated rings. The molecule has 1 aliphatic heterocycles. The summed E-state index contributed by atoms with van der Waals surface area (Å²) >= 11 is 0. The highest BCUT2D eigenvalue weighted by molar-refractivity contribution is 5.86. The smallest absolute Gasteiger partial charge is 0.444 e. The van der Waals surface area contributed by atoms with Gasteiger partial charge in [0.1, 0.15) is 17.5 Å². The third-order valence-electron chi connectivity index (χ3n) is 5.44. The molecule has 2 aromatic rings. The molecule has 1 aromatic heterocycles. The van der Waals surface area contributed by atoms with E-state index in [0.29, 0.717) is 5.56 Å². The van der Waals surface area contributed by atoms with Crippen molar-refractivity contribution in [3.8, 4) is 11.1 Å². The molecule has 2 heterocycles. The van der Waals surface area contributed by atoms with Crippen LogP contribution in [0.1, 0.15) is 45.5 Å². The lowest BCUT2D eigenvalue weighted by Gasteiger charge is -2.30. The number of aromatic nitrogens is 2. The maximum absolute atomic E-state index is 14.4. The standard InChI is InChI=1S/C23H26F4N4O4/c1-12-18(32)8-17(31(12)21(34)35-22(2,3)4)19(33)28-9-14-7-13(5-6-16(14)24)15-10-29-20(30-11-15)23(25,26)27/h5-7,10-12,17-18,32H,8-9H2,1-4H3,(H,28,33)/t12-,17?,18-/m0/s1. The van der Waals surface area contributed by atoms with Gasteiger partial charge in [-0.15, -0.1) is 0 Å². The Morgan fingerprint density at radius 2 is 1.80 bits per heavy atom. The summed E-state index contributed by atoms with van der Waals surface area (Å²) in [6.07, 6.45) is -4.45. The van der Waals surface area contributed by atoms with Crippen molar-refractivity contribution >= 4 is 12.0 Å². The van der Waals surface area contributed by atoms with E-state index in [-0.39, 0.29) is 24.1 Å². The fourth-order valence-electron chi connectivity index (χ4n) is 3.66. The fourth-order valence-corrected chi connectivity index (χ4v) is 3.66. The zero-order valence-electron chi connectivity index (χ0n) is 19.6. The normalized spacial score (nSPS) is 20.6. The maximum Gasteiger partial charge on any atom is 0.451 e. The van der Waals surface area contributed by atoms with Crippen LogP contribution in [0, 0.1) is 5.82 Å². The molecular formula is C23H26F4N4O4. The zero-order chi connectivity index (χ0) is 26.1. The summed E-state index contributed by atoms with van der Waals surface area (Å²) in [5.41, 5.74) is -0.165. The lowest BCUT2D eigenvalue weighted by atomic mass is 10.0. The number of aliphatic hydroxyl groups excluding tert-OH is 1. The van der Waals surface area contributed by atoms with Crippen molar-refractivity contribution in [2.45, 2.75) is 70.6 Å². The second-order valence-electron chi connectivity index (χ2n) is 9.26. The topological polar surface area (TPSA) is 105 Å². The Morgan fingerprint density at radius 1 is 1.17 bits per heavy atom. The Morgan fingerprint density at radius 3 is 2.37 bits per heavy atom. The van der Waals surface area contributed by atoms with Crippen LogP contribution in [0.3, 0.4) is 0 Å². The SMILES string of the molecule is C[C@H]1[C@@H](O)CC(C(=O)NCc2cc(-c3cnc(C(F)(F)F)nc3)ccc2F)N1C(=O)OC(C)(C)C. The molecular weight excluding hydrogens is 472 g/mol. The molecule has 35 heavy (non-hydrogen) atoms. The second kappa shape index (κ2) is 9.76. The lowest BCUT2D eigenvalue weighted by molar-refractivity contribution is -0.145. The summed E-state index contributed by atoms with van der Waals surface area (Å²) in [6.45, 7) is 6.36. The highest BCUT2D eigenvalue weighted by Gasteiger charge is 2.45. The molecule has 3 rings (SSSR count). The second-order valence-corrected chi connectivity index (χ2v) is 9.26. The monoisotopic (exact) mass is 498 g/mol. The number of rotatable bonds is 4. The predicted octanol–water partition coefficient (Wildman–Crippen LogP) is 3.68. The van der Waals surface area contributed by atoms with E-state index >= 15 is 0 Å². The number of benzene rings is 1. The zero-order valence-corrected chi connectivity index (χ0v) is 19.6. The number of likely N-dealkylation sites (tertiary alicyclic amines) is 1. The third kappa shape index (κ3) is 6.24. The van der Waals surface area contributed by atoms with Crippen LogP contribution in [0.15, 0.2) is 30.6 Å². The number of aliphatic hydroxyl groups is 1. The number of hydrogen-bond acceptors (Lipinski definition) is 6. The molecule has 190 valence electrons. The van der Waals surface area contributed by atoms with Crippen molar-refractivity contribution in [2.24, 2.45) is 0 Å². The van der Waals surface area contributed by atoms with Gasteiger partial charge in [-0.2, -0.15) is 13.2 Å². The summed E-state index contributed by atoms with van der Waals surface area (Å²) in [6, 6.07) is 2.14. The summed E-state index contributed by atoms with van der Waals surface area (Å²) in [7, 11) is 0. The molecule has 1 saturated heterocycles. The molecule has 0 radical (unpaired) electrons. The summed E-state index contributed by atoms with van der Waals surface area (Å²) < 4.78 is 57.8. The largest absolute Gasteiger partial charge is 0.451 e. The van der Waals surface area contributed by atoms with E-state index in [0.717, 1.165) is 23.4 Å². The Labute approximate surface area is 199 Å². The summed E-state index contributed by atoms with van der Waals surface area (Å²) in [4.78, 5) is 33.2. The number of carbonyl (C=O) groups is 2. The Bertz CT molecular complexity index is 1090. The number of halogens is 4. The average molecular weight is 498 g/mol. The van der Waals surface area contributed by atoms with E-state index in [4.69, 9.17) is 4.74 Å². The first-order valence-electron chi connectivity index (χ1n) is 10.8. The molecule has 2 amide bonds. The molecule has 3 atom stereocenters. The fraction of sp³-hybridized carbons (Fsp3) is 0.478. The third-order valence-corrected chi connectivity index (χ3v) is 5.44. The Hall–Kier alpha value is -3.28. The van der Waals surface area contributed by atoms with Gasteiger partial charge in [-0.1, -0.05) is 6.07 Å². The van der Waals surface area contributed by atoms with Crippen LogP contribution in [0.4, 0.5) is 22.4 Å². The van der Waals surface area contributed by atoms with Gasteiger partial charge in [0, 0.05) is 36.5 Å². The van der Waals surface area contributed by atoms with Gasteiger partial charge >= 0.3 is 12.3 Å². The van der Waals surface area contributed by atoms with E-state index in [1.54, 1.807) is 27.7 Å².